The van der Waals surface area contributed by atoms with E-state index in [2.05, 4.69) is 14.9 Å². The van der Waals surface area contributed by atoms with Crippen molar-refractivity contribution in [3.63, 3.8) is 0 Å². The Labute approximate surface area is 101 Å². The summed E-state index contributed by atoms with van der Waals surface area (Å²) in [4.78, 5) is 10.6. The van der Waals surface area contributed by atoms with Crippen LogP contribution in [0.1, 0.15) is 18.5 Å². The van der Waals surface area contributed by atoms with Crippen LogP contribution in [0.2, 0.25) is 0 Å². The van der Waals surface area contributed by atoms with Gasteiger partial charge in [-0.15, -0.1) is 0 Å². The molecule has 1 saturated heterocycles. The SMILES string of the molecule is Cc1cc(N2CCCC(OCCO)C2)ncn1. The zero-order valence-electron chi connectivity index (χ0n) is 10.2. The molecule has 5 heteroatoms. The molecule has 0 aliphatic carbocycles. The number of aliphatic hydroxyl groups is 1. The summed E-state index contributed by atoms with van der Waals surface area (Å²) in [5.74, 6) is 0.967. The predicted molar refractivity (Wildman–Crippen MR) is 65.0 cm³/mol. The summed E-state index contributed by atoms with van der Waals surface area (Å²) in [5, 5.41) is 8.76. The van der Waals surface area contributed by atoms with Crippen LogP contribution in [0.3, 0.4) is 0 Å². The molecule has 1 aromatic heterocycles. The number of nitrogens with zero attached hydrogens (tertiary/aromatic N) is 3. The fraction of sp³-hybridized carbons (Fsp3) is 0.667. The molecular weight excluding hydrogens is 218 g/mol. The van der Waals surface area contributed by atoms with E-state index >= 15 is 0 Å². The molecular formula is C12H19N3O2. The maximum Gasteiger partial charge on any atom is 0.132 e. The molecule has 94 valence electrons. The molecule has 0 radical (unpaired) electrons. The first-order chi connectivity index (χ1) is 8.29. The highest BCUT2D eigenvalue weighted by Gasteiger charge is 2.21. The number of rotatable bonds is 4. The van der Waals surface area contributed by atoms with Crippen molar-refractivity contribution < 1.29 is 9.84 Å². The molecule has 5 nitrogen and oxygen atoms in total. The van der Waals surface area contributed by atoms with Crippen molar-refractivity contribution in [3.05, 3.63) is 18.1 Å². The van der Waals surface area contributed by atoms with Crippen LogP contribution in [0, 0.1) is 6.92 Å². The molecule has 0 spiro atoms. The minimum Gasteiger partial charge on any atom is -0.394 e. The minimum absolute atomic E-state index is 0.0864. The van der Waals surface area contributed by atoms with E-state index in [1.807, 2.05) is 13.0 Å². The Morgan fingerprint density at radius 3 is 3.18 bits per heavy atom. The fourth-order valence-corrected chi connectivity index (χ4v) is 2.12. The molecule has 2 rings (SSSR count). The van der Waals surface area contributed by atoms with E-state index in [0.717, 1.165) is 37.4 Å². The van der Waals surface area contributed by atoms with Crippen LogP contribution < -0.4 is 4.90 Å². The third kappa shape index (κ3) is 3.38. The van der Waals surface area contributed by atoms with Crippen LogP contribution >= 0.6 is 0 Å². The first-order valence-electron chi connectivity index (χ1n) is 6.05. The molecule has 1 aliphatic heterocycles. The third-order valence-corrected chi connectivity index (χ3v) is 2.94. The lowest BCUT2D eigenvalue weighted by Gasteiger charge is -2.33. The molecule has 1 N–H and O–H groups in total. The van der Waals surface area contributed by atoms with E-state index in [1.165, 1.54) is 0 Å². The van der Waals surface area contributed by atoms with Gasteiger partial charge in [0.25, 0.3) is 0 Å². The number of aromatic nitrogens is 2. The highest BCUT2D eigenvalue weighted by molar-refractivity contribution is 5.39. The van der Waals surface area contributed by atoms with Gasteiger partial charge in [0.05, 0.1) is 19.3 Å². The van der Waals surface area contributed by atoms with E-state index in [1.54, 1.807) is 6.33 Å². The Kier molecular flexibility index (Phi) is 4.28. The monoisotopic (exact) mass is 237 g/mol. The Morgan fingerprint density at radius 2 is 2.41 bits per heavy atom. The lowest BCUT2D eigenvalue weighted by molar-refractivity contribution is 0.0213. The number of hydrogen-bond donors (Lipinski definition) is 1. The van der Waals surface area contributed by atoms with Gasteiger partial charge in [0, 0.05) is 24.8 Å². The van der Waals surface area contributed by atoms with E-state index in [0.29, 0.717) is 6.61 Å². The van der Waals surface area contributed by atoms with Crippen LogP contribution in [0.15, 0.2) is 12.4 Å². The summed E-state index contributed by atoms with van der Waals surface area (Å²) in [6.45, 7) is 4.32. The Balaban J connectivity index is 1.97. The van der Waals surface area contributed by atoms with Crippen LogP contribution in [0.25, 0.3) is 0 Å². The second-order valence-corrected chi connectivity index (χ2v) is 4.32. The minimum atomic E-state index is 0.0864. The smallest absolute Gasteiger partial charge is 0.132 e. The van der Waals surface area contributed by atoms with Crippen molar-refractivity contribution in [1.29, 1.82) is 0 Å². The van der Waals surface area contributed by atoms with Crippen LogP contribution in [-0.2, 0) is 4.74 Å². The molecule has 1 unspecified atom stereocenters. The van der Waals surface area contributed by atoms with Gasteiger partial charge in [0.15, 0.2) is 0 Å². The molecule has 17 heavy (non-hydrogen) atoms. The average Bonchev–Trinajstić information content (AvgIpc) is 2.37. The number of hydrogen-bond acceptors (Lipinski definition) is 5. The van der Waals surface area contributed by atoms with Gasteiger partial charge in [0.1, 0.15) is 12.1 Å². The first kappa shape index (κ1) is 12.3. The molecule has 2 heterocycles. The summed E-state index contributed by atoms with van der Waals surface area (Å²) >= 11 is 0. The van der Waals surface area contributed by atoms with Gasteiger partial charge in [-0.3, -0.25) is 0 Å². The fourth-order valence-electron chi connectivity index (χ4n) is 2.12. The Bertz CT molecular complexity index is 359. The highest BCUT2D eigenvalue weighted by Crippen LogP contribution is 2.19. The maximum atomic E-state index is 8.76. The molecule has 1 aliphatic rings. The van der Waals surface area contributed by atoms with Gasteiger partial charge in [-0.1, -0.05) is 0 Å². The summed E-state index contributed by atoms with van der Waals surface area (Å²) in [6, 6.07) is 1.99. The first-order valence-corrected chi connectivity index (χ1v) is 6.05. The van der Waals surface area contributed by atoms with E-state index < -0.39 is 0 Å². The van der Waals surface area contributed by atoms with Crippen molar-refractivity contribution >= 4 is 5.82 Å². The molecule has 1 aromatic rings. The van der Waals surface area contributed by atoms with E-state index in [-0.39, 0.29) is 12.7 Å². The molecule has 0 saturated carbocycles. The van der Waals surface area contributed by atoms with Crippen molar-refractivity contribution in [1.82, 2.24) is 9.97 Å². The average molecular weight is 237 g/mol. The van der Waals surface area contributed by atoms with Gasteiger partial charge >= 0.3 is 0 Å². The number of aryl methyl sites for hydroxylation is 1. The van der Waals surface area contributed by atoms with Crippen molar-refractivity contribution in [3.8, 4) is 0 Å². The number of aliphatic hydroxyl groups excluding tert-OH is 1. The predicted octanol–water partition coefficient (Wildman–Crippen LogP) is 0.763. The van der Waals surface area contributed by atoms with Crippen molar-refractivity contribution in [2.45, 2.75) is 25.9 Å². The summed E-state index contributed by atoms with van der Waals surface area (Å²) < 4.78 is 5.58. The molecule has 0 bridgehead atoms. The van der Waals surface area contributed by atoms with Gasteiger partial charge < -0.3 is 14.7 Å². The topological polar surface area (TPSA) is 58.5 Å². The molecule has 0 amide bonds. The van der Waals surface area contributed by atoms with Gasteiger partial charge in [0.2, 0.25) is 0 Å². The van der Waals surface area contributed by atoms with Crippen molar-refractivity contribution in [2.75, 3.05) is 31.2 Å². The molecule has 0 aromatic carbocycles. The number of piperidine rings is 1. The summed E-state index contributed by atoms with van der Waals surface area (Å²) in [6.07, 6.45) is 3.95. The third-order valence-electron chi connectivity index (χ3n) is 2.94. The number of ether oxygens (including phenoxy) is 1. The standard InChI is InChI=1S/C12H19N3O2/c1-10-7-12(14-9-13-10)15-4-2-3-11(8-15)17-6-5-16/h7,9,11,16H,2-6,8H2,1H3. The van der Waals surface area contributed by atoms with E-state index in [4.69, 9.17) is 9.84 Å². The summed E-state index contributed by atoms with van der Waals surface area (Å²) in [7, 11) is 0. The molecule has 1 atom stereocenters. The van der Waals surface area contributed by atoms with Gasteiger partial charge in [-0.25, -0.2) is 9.97 Å². The molecule has 1 fully saturated rings. The normalized spacial score (nSPS) is 20.6. The van der Waals surface area contributed by atoms with Crippen LogP contribution in [0.5, 0.6) is 0 Å². The van der Waals surface area contributed by atoms with Crippen LogP contribution in [-0.4, -0.2) is 47.5 Å². The maximum absolute atomic E-state index is 8.76. The highest BCUT2D eigenvalue weighted by atomic mass is 16.5. The lowest BCUT2D eigenvalue weighted by Crippen LogP contribution is -2.40. The van der Waals surface area contributed by atoms with Crippen LogP contribution in [0.4, 0.5) is 5.82 Å². The second kappa shape index (κ2) is 5.93. The van der Waals surface area contributed by atoms with Gasteiger partial charge in [-0.05, 0) is 19.8 Å². The zero-order chi connectivity index (χ0) is 12.1. The number of anilines is 1. The quantitative estimate of drug-likeness (QED) is 0.838. The zero-order valence-corrected chi connectivity index (χ0v) is 10.2. The van der Waals surface area contributed by atoms with Gasteiger partial charge in [-0.2, -0.15) is 0 Å². The lowest BCUT2D eigenvalue weighted by atomic mass is 10.1. The Hall–Kier alpha value is -1.20. The Morgan fingerprint density at radius 1 is 1.53 bits per heavy atom. The summed E-state index contributed by atoms with van der Waals surface area (Å²) in [5.41, 5.74) is 0.980. The van der Waals surface area contributed by atoms with Crippen molar-refractivity contribution in [2.24, 2.45) is 0 Å². The largest absolute Gasteiger partial charge is 0.394 e. The second-order valence-electron chi connectivity index (χ2n) is 4.32. The van der Waals surface area contributed by atoms with E-state index in [9.17, 15) is 0 Å².